The second kappa shape index (κ2) is 19.4. The molecule has 2 heterocycles. The van der Waals surface area contributed by atoms with Crippen LogP contribution in [0.4, 0.5) is 0 Å². The lowest BCUT2D eigenvalue weighted by Gasteiger charge is -2.28. The Morgan fingerprint density at radius 3 is 1.59 bits per heavy atom. The molecule has 0 aliphatic carbocycles. The maximum absolute atomic E-state index is 14.0. The molecule has 0 saturated heterocycles. The van der Waals surface area contributed by atoms with E-state index in [1.807, 2.05) is 98.7 Å². The van der Waals surface area contributed by atoms with E-state index in [0.717, 1.165) is 66.0 Å². The van der Waals surface area contributed by atoms with Gasteiger partial charge in [-0.1, -0.05) is 137 Å². The maximum Gasteiger partial charge on any atom is 0.250 e. The van der Waals surface area contributed by atoms with Crippen molar-refractivity contribution in [3.05, 3.63) is 143 Å². The van der Waals surface area contributed by atoms with Gasteiger partial charge in [-0.2, -0.15) is 0 Å². The Hall–Kier alpha value is -5.45. The zero-order valence-electron chi connectivity index (χ0n) is 32.5. The maximum atomic E-state index is 14.0. The van der Waals surface area contributed by atoms with Crippen molar-refractivity contribution in [3.63, 3.8) is 0 Å². The van der Waals surface area contributed by atoms with Crippen LogP contribution in [-0.2, 0) is 33.9 Å². The summed E-state index contributed by atoms with van der Waals surface area (Å²) in [5.41, 5.74) is 6.16. The molecule has 1 N–H and O–H groups in total. The summed E-state index contributed by atoms with van der Waals surface area (Å²) in [5.74, 6) is -0.419. The van der Waals surface area contributed by atoms with E-state index in [-0.39, 0.29) is 23.6 Å². The third kappa shape index (κ3) is 10.4. The number of carbonyl (C=O) groups is 3. The first-order valence-electron chi connectivity index (χ1n) is 19.3. The molecule has 0 spiro atoms. The van der Waals surface area contributed by atoms with E-state index in [1.54, 1.807) is 27.6 Å². The van der Waals surface area contributed by atoms with Gasteiger partial charge in [0.25, 0.3) is 0 Å². The zero-order chi connectivity index (χ0) is 39.4. The number of nitrogens with zero attached hydrogens (tertiary/aromatic N) is 4. The number of amides is 3. The summed E-state index contributed by atoms with van der Waals surface area (Å²) in [7, 11) is 0. The lowest BCUT2D eigenvalue weighted by atomic mass is 10.0. The summed E-state index contributed by atoms with van der Waals surface area (Å²) in [4.78, 5) is 55.0. The van der Waals surface area contributed by atoms with Gasteiger partial charge in [0.15, 0.2) is 0 Å². The molecule has 10 heteroatoms. The lowest BCUT2D eigenvalue weighted by Crippen LogP contribution is -2.44. The molecule has 0 aliphatic heterocycles. The predicted molar refractivity (Wildman–Crippen MR) is 228 cm³/mol. The SMILES string of the molecule is CCCN(Cc1ncc(-c2ccc(-c3ccc(-c4cnc(CN(CCC)C(=O)[C@@H](NC(=O)C(C)C)c5ccccc5)s4)cc3)cc2)s1)C(=O)Cc1ccccc1. The van der Waals surface area contributed by atoms with Crippen molar-refractivity contribution in [2.75, 3.05) is 13.1 Å². The second-order valence-corrected chi connectivity index (χ2v) is 16.4. The van der Waals surface area contributed by atoms with E-state index in [2.05, 4.69) is 65.8 Å². The van der Waals surface area contributed by atoms with Crippen molar-refractivity contribution >= 4 is 40.4 Å². The van der Waals surface area contributed by atoms with Crippen LogP contribution in [0.25, 0.3) is 32.0 Å². The molecule has 288 valence electrons. The fraction of sp³-hybridized carbons (Fsp3) is 0.283. The summed E-state index contributed by atoms with van der Waals surface area (Å²) >= 11 is 3.21. The molecule has 0 radical (unpaired) electrons. The molecule has 0 bridgehead atoms. The molecular formula is C46H49N5O3S2. The van der Waals surface area contributed by atoms with Crippen LogP contribution in [-0.4, -0.2) is 50.6 Å². The first kappa shape index (κ1) is 40.2. The molecule has 2 aromatic heterocycles. The van der Waals surface area contributed by atoms with Crippen molar-refractivity contribution in [2.24, 2.45) is 5.92 Å². The Morgan fingerprint density at radius 2 is 1.09 bits per heavy atom. The van der Waals surface area contributed by atoms with Gasteiger partial charge >= 0.3 is 0 Å². The molecule has 6 rings (SSSR count). The smallest absolute Gasteiger partial charge is 0.250 e. The molecule has 0 fully saturated rings. The molecule has 6 aromatic rings. The van der Waals surface area contributed by atoms with Crippen molar-refractivity contribution in [2.45, 2.75) is 66.1 Å². The van der Waals surface area contributed by atoms with Crippen LogP contribution in [0.3, 0.4) is 0 Å². The van der Waals surface area contributed by atoms with Gasteiger partial charge < -0.3 is 15.1 Å². The average molecular weight is 784 g/mol. The van der Waals surface area contributed by atoms with Gasteiger partial charge in [0.1, 0.15) is 16.1 Å². The number of thiazole rings is 2. The fourth-order valence-electron chi connectivity index (χ4n) is 6.42. The molecule has 0 saturated carbocycles. The molecular weight excluding hydrogens is 735 g/mol. The van der Waals surface area contributed by atoms with Crippen molar-refractivity contribution in [1.82, 2.24) is 25.1 Å². The minimum atomic E-state index is -0.762. The van der Waals surface area contributed by atoms with Gasteiger partial charge in [-0.3, -0.25) is 14.4 Å². The highest BCUT2D eigenvalue weighted by atomic mass is 32.1. The Labute approximate surface area is 338 Å². The number of hydrogen-bond donors (Lipinski definition) is 1. The number of hydrogen-bond acceptors (Lipinski definition) is 7. The summed E-state index contributed by atoms with van der Waals surface area (Å²) < 4.78 is 0. The molecule has 0 aliphatic rings. The Balaban J connectivity index is 1.09. The molecule has 8 nitrogen and oxygen atoms in total. The molecule has 0 unspecified atom stereocenters. The molecule has 3 amide bonds. The van der Waals surface area contributed by atoms with Gasteiger partial charge in [-0.25, -0.2) is 9.97 Å². The van der Waals surface area contributed by atoms with Gasteiger partial charge in [-0.15, -0.1) is 22.7 Å². The normalized spacial score (nSPS) is 11.7. The standard InChI is InChI=1S/C46H49N5O3S2/c1-5-25-50(43(52)27-33-13-9-7-10-14-33)30-41-47-28-39(55-41)36-21-17-34(18-22-36)35-19-23-37(24-20-35)40-29-48-42(56-40)31-51(26-6-2)46(54)44(49-45(53)32(3)4)38-15-11-8-12-16-38/h7-24,28-29,32,44H,5-6,25-27,30-31H2,1-4H3,(H,49,53)/t44-/m0/s1. The van der Waals surface area contributed by atoms with E-state index in [9.17, 15) is 14.4 Å². The van der Waals surface area contributed by atoms with E-state index >= 15 is 0 Å². The minimum absolute atomic E-state index is 0.119. The lowest BCUT2D eigenvalue weighted by molar-refractivity contribution is -0.138. The quantitative estimate of drug-likeness (QED) is 0.0994. The topological polar surface area (TPSA) is 95.5 Å². The third-order valence-corrected chi connectivity index (χ3v) is 11.5. The van der Waals surface area contributed by atoms with Crippen LogP contribution in [0.15, 0.2) is 122 Å². The van der Waals surface area contributed by atoms with Crippen LogP contribution in [0.1, 0.15) is 67.7 Å². The minimum Gasteiger partial charge on any atom is -0.340 e. The Kier molecular flexibility index (Phi) is 13.9. The second-order valence-electron chi connectivity index (χ2n) is 14.1. The van der Waals surface area contributed by atoms with E-state index in [0.29, 0.717) is 32.6 Å². The van der Waals surface area contributed by atoms with Crippen LogP contribution in [0.5, 0.6) is 0 Å². The van der Waals surface area contributed by atoms with E-state index < -0.39 is 6.04 Å². The van der Waals surface area contributed by atoms with Crippen molar-refractivity contribution in [1.29, 1.82) is 0 Å². The fourth-order valence-corrected chi connectivity index (χ4v) is 8.30. The van der Waals surface area contributed by atoms with Crippen molar-refractivity contribution in [3.8, 4) is 32.0 Å². The van der Waals surface area contributed by atoms with Crippen LogP contribution in [0, 0.1) is 5.92 Å². The highest BCUT2D eigenvalue weighted by Gasteiger charge is 2.28. The van der Waals surface area contributed by atoms with Crippen LogP contribution >= 0.6 is 22.7 Å². The monoisotopic (exact) mass is 783 g/mol. The average Bonchev–Trinajstić information content (AvgIpc) is 3.90. The van der Waals surface area contributed by atoms with Crippen molar-refractivity contribution < 1.29 is 14.4 Å². The largest absolute Gasteiger partial charge is 0.340 e. The molecule has 1 atom stereocenters. The number of rotatable bonds is 17. The Morgan fingerprint density at radius 1 is 0.625 bits per heavy atom. The first-order chi connectivity index (χ1) is 27.2. The van der Waals surface area contributed by atoms with Crippen LogP contribution in [0.2, 0.25) is 0 Å². The van der Waals surface area contributed by atoms with Gasteiger partial charge in [-0.05, 0) is 46.2 Å². The van der Waals surface area contributed by atoms with Crippen LogP contribution < -0.4 is 5.32 Å². The van der Waals surface area contributed by atoms with Gasteiger partial charge in [0.2, 0.25) is 17.7 Å². The summed E-state index contributed by atoms with van der Waals surface area (Å²) in [6.07, 6.45) is 5.85. The van der Waals surface area contributed by atoms with E-state index in [4.69, 9.17) is 4.98 Å². The molecule has 4 aromatic carbocycles. The molecule has 56 heavy (non-hydrogen) atoms. The third-order valence-electron chi connectivity index (χ3n) is 9.47. The predicted octanol–water partition coefficient (Wildman–Crippen LogP) is 9.83. The summed E-state index contributed by atoms with van der Waals surface area (Å²) in [6.45, 7) is 9.93. The summed E-state index contributed by atoms with van der Waals surface area (Å²) in [5, 5.41) is 4.74. The highest BCUT2D eigenvalue weighted by Crippen LogP contribution is 2.32. The van der Waals surface area contributed by atoms with Gasteiger partial charge in [0.05, 0.1) is 29.3 Å². The van der Waals surface area contributed by atoms with Gasteiger partial charge in [0, 0.05) is 31.4 Å². The number of aromatic nitrogens is 2. The van der Waals surface area contributed by atoms with E-state index in [1.165, 1.54) is 0 Å². The zero-order valence-corrected chi connectivity index (χ0v) is 34.1. The first-order valence-corrected chi connectivity index (χ1v) is 20.9. The number of benzene rings is 4. The number of carbonyl (C=O) groups excluding carboxylic acids is 3. The number of nitrogens with one attached hydrogen (secondary N) is 1. The summed E-state index contributed by atoms with van der Waals surface area (Å²) in [6, 6.07) is 35.5. The Bertz CT molecular complexity index is 2180. The highest BCUT2D eigenvalue weighted by molar-refractivity contribution is 7.15.